The highest BCUT2D eigenvalue weighted by Crippen LogP contribution is 2.31. The second-order valence-electron chi connectivity index (χ2n) is 7.20. The summed E-state index contributed by atoms with van der Waals surface area (Å²) in [7, 11) is 0. The summed E-state index contributed by atoms with van der Waals surface area (Å²) in [6.07, 6.45) is 1.86. The van der Waals surface area contributed by atoms with Crippen LogP contribution in [0.5, 0.6) is 0 Å². The lowest BCUT2D eigenvalue weighted by Gasteiger charge is -2.30. The van der Waals surface area contributed by atoms with Gasteiger partial charge in [0.1, 0.15) is 10.8 Å². The number of halogens is 1. The number of nitrogens with zero attached hydrogens (tertiary/aromatic N) is 3. The van der Waals surface area contributed by atoms with Gasteiger partial charge >= 0.3 is 0 Å². The molecule has 29 heavy (non-hydrogen) atoms. The number of hydrogen-bond donors (Lipinski definition) is 1. The molecule has 0 bridgehead atoms. The summed E-state index contributed by atoms with van der Waals surface area (Å²) < 4.78 is 18.0. The molecule has 2 aromatic carbocycles. The van der Waals surface area contributed by atoms with Crippen LogP contribution in [0.2, 0.25) is 0 Å². The van der Waals surface area contributed by atoms with Gasteiger partial charge in [-0.2, -0.15) is 0 Å². The fraction of sp³-hybridized carbons (Fsp3) is 0.273. The Morgan fingerprint density at radius 3 is 2.76 bits per heavy atom. The van der Waals surface area contributed by atoms with E-state index in [9.17, 15) is 9.18 Å². The first-order valence-electron chi connectivity index (χ1n) is 9.84. The molecule has 0 radical (unpaired) electrons. The molecule has 148 valence electrons. The fourth-order valence-corrected chi connectivity index (χ4v) is 4.92. The monoisotopic (exact) mass is 408 g/mol. The summed E-state index contributed by atoms with van der Waals surface area (Å²) in [4.78, 5) is 20.0. The zero-order chi connectivity index (χ0) is 20.0. The molecule has 0 spiro atoms. The molecule has 0 atom stereocenters. The van der Waals surface area contributed by atoms with Crippen LogP contribution in [0.4, 0.5) is 10.1 Å². The van der Waals surface area contributed by atoms with Gasteiger partial charge in [0.25, 0.3) is 0 Å². The normalized spacial score (nSPS) is 14.8. The molecule has 5 rings (SSSR count). The van der Waals surface area contributed by atoms with Crippen LogP contribution in [0.15, 0.2) is 47.4 Å². The smallest absolute Gasteiger partial charge is 0.199 e. The lowest BCUT2D eigenvalue weighted by molar-refractivity contribution is 0.567. The maximum absolute atomic E-state index is 15.0. The van der Waals surface area contributed by atoms with Crippen LogP contribution in [0.1, 0.15) is 6.92 Å². The molecule has 0 amide bonds. The highest BCUT2D eigenvalue weighted by atomic mass is 32.1. The fourth-order valence-electron chi connectivity index (χ4n) is 3.95. The Bertz CT molecular complexity index is 1240. The highest BCUT2D eigenvalue weighted by Gasteiger charge is 2.20. The molecule has 3 heterocycles. The second kappa shape index (κ2) is 7.24. The first-order valence-corrected chi connectivity index (χ1v) is 10.7. The number of para-hydroxylation sites is 1. The molecule has 0 unspecified atom stereocenters. The van der Waals surface area contributed by atoms with E-state index in [0.717, 1.165) is 41.9 Å². The van der Waals surface area contributed by atoms with Crippen LogP contribution >= 0.6 is 11.3 Å². The van der Waals surface area contributed by atoms with E-state index < -0.39 is 0 Å². The third-order valence-corrected chi connectivity index (χ3v) is 6.54. The lowest BCUT2D eigenvalue weighted by atomic mass is 10.1. The van der Waals surface area contributed by atoms with Gasteiger partial charge in [0.2, 0.25) is 0 Å². The number of hydrogen-bond acceptors (Lipinski definition) is 5. The Morgan fingerprint density at radius 2 is 2.00 bits per heavy atom. The van der Waals surface area contributed by atoms with Gasteiger partial charge in [-0.15, -0.1) is 11.3 Å². The van der Waals surface area contributed by atoms with Crippen molar-refractivity contribution in [1.82, 2.24) is 14.9 Å². The number of anilines is 1. The predicted molar refractivity (Wildman–Crippen MR) is 118 cm³/mol. The number of nitrogens with one attached hydrogen (secondary N) is 1. The first kappa shape index (κ1) is 18.3. The Kier molecular flexibility index (Phi) is 4.56. The molecule has 0 saturated carbocycles. The van der Waals surface area contributed by atoms with Crippen molar-refractivity contribution in [3.05, 3.63) is 58.6 Å². The quantitative estimate of drug-likeness (QED) is 0.560. The SMILES string of the molecule is CCn1cc(-c2nc3ccccc3s2)c(=O)c2cc(F)c(N3CCNCC3)cc21. The number of aromatic nitrogens is 2. The summed E-state index contributed by atoms with van der Waals surface area (Å²) >= 11 is 1.49. The van der Waals surface area contributed by atoms with E-state index in [0.29, 0.717) is 28.2 Å². The number of piperazine rings is 1. The van der Waals surface area contributed by atoms with Gasteiger partial charge in [-0.25, -0.2) is 9.37 Å². The molecular weight excluding hydrogens is 387 g/mol. The second-order valence-corrected chi connectivity index (χ2v) is 8.23. The summed E-state index contributed by atoms with van der Waals surface area (Å²) in [5.74, 6) is -0.347. The third kappa shape index (κ3) is 3.10. The topological polar surface area (TPSA) is 50.2 Å². The van der Waals surface area contributed by atoms with Gasteiger partial charge < -0.3 is 14.8 Å². The van der Waals surface area contributed by atoms with Gasteiger partial charge in [0, 0.05) is 44.3 Å². The molecule has 1 fully saturated rings. The van der Waals surface area contributed by atoms with E-state index >= 15 is 0 Å². The zero-order valence-electron chi connectivity index (χ0n) is 16.1. The number of fused-ring (bicyclic) bond motifs is 2. The average Bonchev–Trinajstić information content (AvgIpc) is 3.18. The summed E-state index contributed by atoms with van der Waals surface area (Å²) in [6, 6.07) is 11.1. The van der Waals surface area contributed by atoms with Gasteiger partial charge in [0.05, 0.1) is 27.0 Å². The van der Waals surface area contributed by atoms with Crippen LogP contribution in [-0.2, 0) is 6.54 Å². The Hall–Kier alpha value is -2.77. The van der Waals surface area contributed by atoms with Gasteiger partial charge in [0.15, 0.2) is 5.43 Å². The van der Waals surface area contributed by atoms with Crippen molar-refractivity contribution in [3.63, 3.8) is 0 Å². The summed E-state index contributed by atoms with van der Waals surface area (Å²) in [6.45, 7) is 5.87. The molecule has 2 aromatic heterocycles. The van der Waals surface area contributed by atoms with Crippen LogP contribution in [0.25, 0.3) is 31.7 Å². The maximum atomic E-state index is 15.0. The molecule has 1 aliphatic rings. The van der Waals surface area contributed by atoms with E-state index in [1.165, 1.54) is 17.4 Å². The van der Waals surface area contributed by atoms with E-state index in [4.69, 9.17) is 0 Å². The Labute approximate surface area is 171 Å². The van der Waals surface area contributed by atoms with E-state index in [-0.39, 0.29) is 11.2 Å². The average molecular weight is 409 g/mol. The van der Waals surface area contributed by atoms with Crippen LogP contribution in [-0.4, -0.2) is 35.7 Å². The Morgan fingerprint density at radius 1 is 1.21 bits per heavy atom. The summed E-state index contributed by atoms with van der Waals surface area (Å²) in [5.41, 5.74) is 2.55. The molecule has 4 aromatic rings. The standard InChI is InChI=1S/C22H21FN4OS/c1-2-26-13-15(22-25-17-5-3-4-6-20(17)29-22)21(28)14-11-16(23)19(12-18(14)26)27-9-7-24-8-10-27/h3-6,11-13,24H,2,7-10H2,1H3. The minimum Gasteiger partial charge on any atom is -0.367 e. The number of pyridine rings is 1. The minimum absolute atomic E-state index is 0.172. The van der Waals surface area contributed by atoms with Crippen molar-refractivity contribution in [2.24, 2.45) is 0 Å². The van der Waals surface area contributed by atoms with Crippen molar-refractivity contribution < 1.29 is 4.39 Å². The van der Waals surface area contributed by atoms with Gasteiger partial charge in [-0.1, -0.05) is 12.1 Å². The van der Waals surface area contributed by atoms with Crippen molar-refractivity contribution in [2.45, 2.75) is 13.5 Å². The van der Waals surface area contributed by atoms with Gasteiger partial charge in [-0.05, 0) is 31.2 Å². The lowest BCUT2D eigenvalue weighted by Crippen LogP contribution is -2.43. The van der Waals surface area contributed by atoms with E-state index in [2.05, 4.69) is 10.3 Å². The molecule has 7 heteroatoms. The number of aryl methyl sites for hydroxylation is 1. The van der Waals surface area contributed by atoms with Crippen molar-refractivity contribution in [1.29, 1.82) is 0 Å². The zero-order valence-corrected chi connectivity index (χ0v) is 16.9. The number of thiazole rings is 1. The summed E-state index contributed by atoms with van der Waals surface area (Å²) in [5, 5.41) is 4.36. The first-order chi connectivity index (χ1) is 14.2. The van der Waals surface area contributed by atoms with E-state index in [1.54, 1.807) is 0 Å². The molecule has 0 aliphatic carbocycles. The van der Waals surface area contributed by atoms with E-state index in [1.807, 2.05) is 52.9 Å². The third-order valence-electron chi connectivity index (χ3n) is 5.47. The number of rotatable bonds is 3. The molecule has 1 aliphatic heterocycles. The van der Waals surface area contributed by atoms with Gasteiger partial charge in [-0.3, -0.25) is 4.79 Å². The molecular formula is C22H21FN4OS. The van der Waals surface area contributed by atoms with Crippen LogP contribution in [0.3, 0.4) is 0 Å². The molecule has 1 saturated heterocycles. The van der Waals surface area contributed by atoms with Crippen LogP contribution in [0, 0.1) is 5.82 Å². The Balaban J connectivity index is 1.71. The van der Waals surface area contributed by atoms with Crippen molar-refractivity contribution in [2.75, 3.05) is 31.1 Å². The van der Waals surface area contributed by atoms with Crippen molar-refractivity contribution in [3.8, 4) is 10.6 Å². The van der Waals surface area contributed by atoms with Crippen LogP contribution < -0.4 is 15.6 Å². The highest BCUT2D eigenvalue weighted by molar-refractivity contribution is 7.21. The predicted octanol–water partition coefficient (Wildman–Crippen LogP) is 3.85. The number of benzene rings is 2. The maximum Gasteiger partial charge on any atom is 0.199 e. The van der Waals surface area contributed by atoms with Crippen molar-refractivity contribution >= 4 is 38.1 Å². The largest absolute Gasteiger partial charge is 0.367 e. The molecule has 1 N–H and O–H groups in total. The molecule has 5 nitrogen and oxygen atoms in total. The minimum atomic E-state index is -0.347.